The molecule has 2 aromatic carbocycles. The summed E-state index contributed by atoms with van der Waals surface area (Å²) >= 11 is 0. The Labute approximate surface area is 124 Å². The molecule has 0 fully saturated rings. The number of hydrogen-bond donors (Lipinski definition) is 2. The van der Waals surface area contributed by atoms with Crippen molar-refractivity contribution in [1.29, 1.82) is 0 Å². The monoisotopic (exact) mass is 306 g/mol. The summed E-state index contributed by atoms with van der Waals surface area (Å²) in [6, 6.07) is 10.2. The molecule has 2 rings (SSSR count). The van der Waals surface area contributed by atoms with Gasteiger partial charge in [0.2, 0.25) is 0 Å². The second kappa shape index (κ2) is 5.65. The summed E-state index contributed by atoms with van der Waals surface area (Å²) in [5.41, 5.74) is 8.35. The maximum Gasteiger partial charge on any atom is 0.265 e. The molecule has 3 N–H and O–H groups in total. The van der Waals surface area contributed by atoms with Gasteiger partial charge in [-0.2, -0.15) is 0 Å². The Balaban J connectivity index is 2.50. The Hall–Kier alpha value is -2.21. The fourth-order valence-corrected chi connectivity index (χ4v) is 3.25. The Morgan fingerprint density at radius 1 is 1.10 bits per heavy atom. The molecule has 0 radical (unpaired) electrons. The predicted molar refractivity (Wildman–Crippen MR) is 84.1 cm³/mol. The molecule has 0 saturated carbocycles. The number of benzene rings is 2. The van der Waals surface area contributed by atoms with Crippen molar-refractivity contribution in [3.63, 3.8) is 0 Å². The van der Waals surface area contributed by atoms with E-state index in [0.29, 0.717) is 11.4 Å². The molecule has 5 nitrogen and oxygen atoms in total. The number of rotatable bonds is 4. The largest absolute Gasteiger partial charge is 0.495 e. The molecule has 2 aromatic rings. The maximum atomic E-state index is 12.6. The second-order valence-corrected chi connectivity index (χ2v) is 6.43. The predicted octanol–water partition coefficient (Wildman–Crippen LogP) is 2.70. The molecule has 112 valence electrons. The summed E-state index contributed by atoms with van der Waals surface area (Å²) in [5.74, 6) is 0.266. The number of sulfonamides is 1. The normalized spacial score (nSPS) is 11.2. The lowest BCUT2D eigenvalue weighted by molar-refractivity contribution is 0.402. The van der Waals surface area contributed by atoms with Crippen LogP contribution in [0.4, 0.5) is 11.4 Å². The van der Waals surface area contributed by atoms with E-state index in [0.717, 1.165) is 11.1 Å². The first-order chi connectivity index (χ1) is 9.85. The molecule has 0 aliphatic heterocycles. The van der Waals surface area contributed by atoms with Crippen LogP contribution in [0, 0.1) is 13.8 Å². The van der Waals surface area contributed by atoms with Crippen LogP contribution in [0.3, 0.4) is 0 Å². The highest BCUT2D eigenvalue weighted by Gasteiger charge is 2.21. The molecule has 0 bridgehead atoms. The summed E-state index contributed by atoms with van der Waals surface area (Å²) in [5, 5.41) is 0. The number of nitrogen functional groups attached to an aromatic ring is 1. The summed E-state index contributed by atoms with van der Waals surface area (Å²) in [6.45, 7) is 3.63. The minimum atomic E-state index is -3.77. The smallest absolute Gasteiger partial charge is 0.265 e. The van der Waals surface area contributed by atoms with Gasteiger partial charge in [0.1, 0.15) is 10.6 Å². The van der Waals surface area contributed by atoms with E-state index in [-0.39, 0.29) is 10.6 Å². The first-order valence-corrected chi connectivity index (χ1v) is 7.86. The first kappa shape index (κ1) is 15.2. The molecule has 0 aromatic heterocycles. The third-order valence-electron chi connectivity index (χ3n) is 3.23. The highest BCUT2D eigenvalue weighted by molar-refractivity contribution is 7.92. The Morgan fingerprint density at radius 3 is 2.38 bits per heavy atom. The number of nitrogens with two attached hydrogens (primary N) is 1. The van der Waals surface area contributed by atoms with Gasteiger partial charge in [0.15, 0.2) is 0 Å². The molecule has 21 heavy (non-hydrogen) atoms. The van der Waals surface area contributed by atoms with Crippen LogP contribution in [0.1, 0.15) is 11.1 Å². The van der Waals surface area contributed by atoms with Gasteiger partial charge >= 0.3 is 0 Å². The van der Waals surface area contributed by atoms with E-state index < -0.39 is 10.0 Å². The summed E-state index contributed by atoms with van der Waals surface area (Å²) in [4.78, 5) is 0.0244. The Kier molecular flexibility index (Phi) is 4.09. The van der Waals surface area contributed by atoms with Crippen molar-refractivity contribution >= 4 is 21.4 Å². The van der Waals surface area contributed by atoms with Gasteiger partial charge in [0.25, 0.3) is 10.0 Å². The average molecular weight is 306 g/mol. The Bertz CT molecular complexity index is 770. The van der Waals surface area contributed by atoms with Gasteiger partial charge < -0.3 is 10.5 Å². The van der Waals surface area contributed by atoms with Crippen LogP contribution in [0.15, 0.2) is 41.3 Å². The molecule has 0 unspecified atom stereocenters. The van der Waals surface area contributed by atoms with Crippen molar-refractivity contribution in [3.8, 4) is 5.75 Å². The molecular formula is C15H18N2O3S. The zero-order valence-electron chi connectivity index (χ0n) is 12.2. The van der Waals surface area contributed by atoms with E-state index in [2.05, 4.69) is 4.72 Å². The number of nitrogens with one attached hydrogen (secondary N) is 1. The van der Waals surface area contributed by atoms with E-state index in [4.69, 9.17) is 10.5 Å². The fraction of sp³-hybridized carbons (Fsp3) is 0.200. The number of methoxy groups -OCH3 is 1. The van der Waals surface area contributed by atoms with Gasteiger partial charge in [-0.25, -0.2) is 8.42 Å². The molecule has 0 atom stereocenters. The third kappa shape index (κ3) is 3.11. The molecule has 0 aliphatic carbocycles. The van der Waals surface area contributed by atoms with Gasteiger partial charge in [-0.05, 0) is 43.2 Å². The van der Waals surface area contributed by atoms with Crippen molar-refractivity contribution in [2.24, 2.45) is 0 Å². The quantitative estimate of drug-likeness (QED) is 0.851. The molecule has 0 amide bonds. The summed E-state index contributed by atoms with van der Waals surface area (Å²) < 4.78 is 32.8. The van der Waals surface area contributed by atoms with Crippen LogP contribution in [-0.4, -0.2) is 15.5 Å². The highest BCUT2D eigenvalue weighted by Crippen LogP contribution is 2.30. The van der Waals surface area contributed by atoms with Gasteiger partial charge in [0.05, 0.1) is 12.8 Å². The zero-order chi connectivity index (χ0) is 15.6. The topological polar surface area (TPSA) is 81.4 Å². The third-order valence-corrected chi connectivity index (χ3v) is 4.62. The minimum absolute atomic E-state index is 0.0244. The molecular weight excluding hydrogens is 288 g/mol. The van der Waals surface area contributed by atoms with Crippen molar-refractivity contribution in [2.45, 2.75) is 18.7 Å². The van der Waals surface area contributed by atoms with Gasteiger partial charge in [0, 0.05) is 5.69 Å². The van der Waals surface area contributed by atoms with Crippen molar-refractivity contribution in [1.82, 2.24) is 0 Å². The van der Waals surface area contributed by atoms with E-state index in [1.165, 1.54) is 13.2 Å². The number of hydrogen-bond acceptors (Lipinski definition) is 4. The van der Waals surface area contributed by atoms with Crippen LogP contribution in [0.5, 0.6) is 5.75 Å². The lowest BCUT2D eigenvalue weighted by atomic mass is 10.2. The zero-order valence-corrected chi connectivity index (χ0v) is 13.0. The van der Waals surface area contributed by atoms with E-state index >= 15 is 0 Å². The fourth-order valence-electron chi connectivity index (χ4n) is 1.93. The number of aryl methyl sites for hydroxylation is 2. The van der Waals surface area contributed by atoms with Crippen LogP contribution in [0.2, 0.25) is 0 Å². The van der Waals surface area contributed by atoms with Gasteiger partial charge in [-0.1, -0.05) is 18.2 Å². The molecule has 0 heterocycles. The first-order valence-electron chi connectivity index (χ1n) is 6.37. The van der Waals surface area contributed by atoms with Crippen molar-refractivity contribution < 1.29 is 13.2 Å². The average Bonchev–Trinajstić information content (AvgIpc) is 2.43. The van der Waals surface area contributed by atoms with Gasteiger partial charge in [-0.3, -0.25) is 4.72 Å². The molecule has 0 spiro atoms. The van der Waals surface area contributed by atoms with Gasteiger partial charge in [-0.15, -0.1) is 0 Å². The van der Waals surface area contributed by atoms with E-state index in [9.17, 15) is 8.42 Å². The minimum Gasteiger partial charge on any atom is -0.495 e. The SMILES string of the molecule is COc1cc(C)c(N)cc1S(=O)(=O)Nc1ccccc1C. The lowest BCUT2D eigenvalue weighted by Crippen LogP contribution is -2.15. The molecule has 6 heteroatoms. The van der Waals surface area contributed by atoms with Crippen LogP contribution < -0.4 is 15.2 Å². The summed E-state index contributed by atoms with van der Waals surface area (Å²) in [7, 11) is -2.34. The van der Waals surface area contributed by atoms with Crippen LogP contribution in [0.25, 0.3) is 0 Å². The Morgan fingerprint density at radius 2 is 1.76 bits per heavy atom. The maximum absolute atomic E-state index is 12.6. The van der Waals surface area contributed by atoms with E-state index in [1.807, 2.05) is 19.1 Å². The van der Waals surface area contributed by atoms with E-state index in [1.54, 1.807) is 25.1 Å². The number of para-hydroxylation sites is 1. The molecule has 0 aliphatic rings. The van der Waals surface area contributed by atoms with Crippen LogP contribution in [-0.2, 0) is 10.0 Å². The lowest BCUT2D eigenvalue weighted by Gasteiger charge is -2.14. The number of anilines is 2. The molecule has 0 saturated heterocycles. The summed E-state index contributed by atoms with van der Waals surface area (Å²) in [6.07, 6.45) is 0. The van der Waals surface area contributed by atoms with Crippen molar-refractivity contribution in [3.05, 3.63) is 47.5 Å². The standard InChI is InChI=1S/C15H18N2O3S/c1-10-6-4-5-7-13(10)17-21(18,19)15-9-12(16)11(2)8-14(15)20-3/h4-9,17H,16H2,1-3H3. The second-order valence-electron chi connectivity index (χ2n) is 4.78. The van der Waals surface area contributed by atoms with Crippen molar-refractivity contribution in [2.75, 3.05) is 17.6 Å². The highest BCUT2D eigenvalue weighted by atomic mass is 32.2. The van der Waals surface area contributed by atoms with Crippen LogP contribution >= 0.6 is 0 Å². The number of ether oxygens (including phenoxy) is 1.